The van der Waals surface area contributed by atoms with Crippen LogP contribution in [0.15, 0.2) is 53.6 Å². The Balaban J connectivity index is 1.65. The van der Waals surface area contributed by atoms with Crippen molar-refractivity contribution in [1.82, 2.24) is 9.71 Å². The van der Waals surface area contributed by atoms with E-state index in [9.17, 15) is 13.2 Å². The number of halogens is 1. The number of anilines is 1. The fraction of sp³-hybridized carbons (Fsp3) is 0.143. The molecule has 6 nitrogen and oxygen atoms in total. The van der Waals surface area contributed by atoms with Gasteiger partial charge >= 0.3 is 0 Å². The van der Waals surface area contributed by atoms with E-state index in [1.54, 1.807) is 6.20 Å². The molecule has 154 valence electrons. The van der Waals surface area contributed by atoms with Crippen molar-refractivity contribution in [3.63, 3.8) is 0 Å². The molecule has 2 N–H and O–H groups in total. The van der Waals surface area contributed by atoms with E-state index < -0.39 is 10.0 Å². The largest absolute Gasteiger partial charge is 0.298 e. The van der Waals surface area contributed by atoms with Crippen molar-refractivity contribution in [3.8, 4) is 12.3 Å². The van der Waals surface area contributed by atoms with Crippen molar-refractivity contribution in [2.45, 2.75) is 18.2 Å². The minimum Gasteiger partial charge on any atom is -0.298 e. The number of aromatic nitrogens is 1. The Morgan fingerprint density at radius 2 is 1.97 bits per heavy atom. The van der Waals surface area contributed by atoms with E-state index in [0.29, 0.717) is 22.1 Å². The minimum atomic E-state index is -3.70. The Kier molecular flexibility index (Phi) is 6.90. The van der Waals surface area contributed by atoms with Crippen molar-refractivity contribution in [2.24, 2.45) is 0 Å². The number of nitrogens with zero attached hydrogens (tertiary/aromatic N) is 1. The fourth-order valence-electron chi connectivity index (χ4n) is 2.57. The number of rotatable bonds is 7. The minimum absolute atomic E-state index is 0.0302. The Hall–Kier alpha value is -2.70. The first-order valence-electron chi connectivity index (χ1n) is 8.83. The third kappa shape index (κ3) is 5.46. The number of carbonyl (C=O) groups is 1. The zero-order valence-corrected chi connectivity index (χ0v) is 18.4. The van der Waals surface area contributed by atoms with Crippen molar-refractivity contribution in [1.29, 1.82) is 0 Å². The van der Waals surface area contributed by atoms with Crippen LogP contribution in [0.5, 0.6) is 0 Å². The molecule has 3 aromatic rings. The Bertz CT molecular complexity index is 1210. The molecular formula is C21H18ClN3O3S2. The summed E-state index contributed by atoms with van der Waals surface area (Å²) in [5, 5.41) is 3.90. The molecule has 0 fully saturated rings. The second-order valence-corrected chi connectivity index (χ2v) is 9.69. The molecule has 2 aromatic carbocycles. The Morgan fingerprint density at radius 1 is 1.23 bits per heavy atom. The van der Waals surface area contributed by atoms with Gasteiger partial charge in [0.1, 0.15) is 0 Å². The molecule has 1 aromatic heterocycles. The number of sulfonamides is 1. The molecule has 0 unspecified atom stereocenters. The number of terminal acetylenes is 1. The number of thiazole rings is 1. The first kappa shape index (κ1) is 22.0. The van der Waals surface area contributed by atoms with Crippen molar-refractivity contribution in [3.05, 3.63) is 75.3 Å². The summed E-state index contributed by atoms with van der Waals surface area (Å²) in [6.07, 6.45) is 7.43. The maximum atomic E-state index is 12.4. The van der Waals surface area contributed by atoms with Gasteiger partial charge in [-0.05, 0) is 48.4 Å². The lowest BCUT2D eigenvalue weighted by atomic mass is 10.1. The monoisotopic (exact) mass is 459 g/mol. The smallest absolute Gasteiger partial charge is 0.257 e. The van der Waals surface area contributed by atoms with Crippen molar-refractivity contribution < 1.29 is 13.2 Å². The van der Waals surface area contributed by atoms with Crippen LogP contribution in [-0.2, 0) is 16.4 Å². The van der Waals surface area contributed by atoms with E-state index in [0.717, 1.165) is 16.0 Å². The van der Waals surface area contributed by atoms with Crippen LogP contribution in [0.3, 0.4) is 0 Å². The molecule has 3 rings (SSSR count). The molecule has 0 saturated heterocycles. The van der Waals surface area contributed by atoms with E-state index >= 15 is 0 Å². The predicted molar refractivity (Wildman–Crippen MR) is 120 cm³/mol. The number of nitrogens with one attached hydrogen (secondary N) is 2. The molecule has 0 aliphatic heterocycles. The molecule has 0 saturated carbocycles. The van der Waals surface area contributed by atoms with Crippen LogP contribution in [0.4, 0.5) is 5.13 Å². The van der Waals surface area contributed by atoms with Gasteiger partial charge in [0.05, 0.1) is 11.4 Å². The molecule has 1 amide bonds. The summed E-state index contributed by atoms with van der Waals surface area (Å²) in [4.78, 5) is 17.7. The molecule has 0 radical (unpaired) electrons. The molecule has 30 heavy (non-hydrogen) atoms. The number of carbonyl (C=O) groups excluding carboxylic acids is 1. The van der Waals surface area contributed by atoms with Gasteiger partial charge in [-0.2, -0.15) is 4.72 Å². The molecular weight excluding hydrogens is 442 g/mol. The number of aryl methyl sites for hydroxylation is 1. The first-order valence-corrected chi connectivity index (χ1v) is 11.5. The topological polar surface area (TPSA) is 88.2 Å². The fourth-order valence-corrected chi connectivity index (χ4v) is 4.55. The molecule has 0 spiro atoms. The average Bonchev–Trinajstić information content (AvgIpc) is 3.16. The van der Waals surface area contributed by atoms with Crippen molar-refractivity contribution >= 4 is 44.0 Å². The molecule has 0 atom stereocenters. The van der Waals surface area contributed by atoms with Gasteiger partial charge in [-0.25, -0.2) is 13.4 Å². The first-order chi connectivity index (χ1) is 14.3. The highest BCUT2D eigenvalue weighted by Gasteiger charge is 2.15. The Labute approximate surface area is 184 Å². The van der Waals surface area contributed by atoms with E-state index in [4.69, 9.17) is 18.0 Å². The summed E-state index contributed by atoms with van der Waals surface area (Å²) >= 11 is 7.53. The van der Waals surface area contributed by atoms with E-state index in [1.807, 2.05) is 25.1 Å². The van der Waals surface area contributed by atoms with Gasteiger partial charge < -0.3 is 0 Å². The van der Waals surface area contributed by atoms with Crippen LogP contribution < -0.4 is 10.0 Å². The van der Waals surface area contributed by atoms with Crippen molar-refractivity contribution in [2.75, 3.05) is 11.9 Å². The van der Waals surface area contributed by atoms with Crippen LogP contribution >= 0.6 is 22.9 Å². The van der Waals surface area contributed by atoms with E-state index in [2.05, 4.69) is 20.9 Å². The zero-order valence-electron chi connectivity index (χ0n) is 16.0. The van der Waals surface area contributed by atoms with Crippen LogP contribution in [-0.4, -0.2) is 25.9 Å². The maximum Gasteiger partial charge on any atom is 0.257 e. The van der Waals surface area contributed by atoms with Gasteiger partial charge in [0, 0.05) is 28.1 Å². The van der Waals surface area contributed by atoms with E-state index in [-0.39, 0.29) is 17.3 Å². The highest BCUT2D eigenvalue weighted by atomic mass is 35.5. The summed E-state index contributed by atoms with van der Waals surface area (Å²) in [7, 11) is -3.70. The number of hydrogen-bond donors (Lipinski definition) is 2. The summed E-state index contributed by atoms with van der Waals surface area (Å²) in [6.45, 7) is 1.84. The third-order valence-corrected chi connectivity index (χ3v) is 6.92. The number of benzene rings is 2. The van der Waals surface area contributed by atoms with Gasteiger partial charge in [-0.1, -0.05) is 29.7 Å². The van der Waals surface area contributed by atoms with Gasteiger partial charge in [0.15, 0.2) is 5.13 Å². The lowest BCUT2D eigenvalue weighted by molar-refractivity contribution is 0.102. The zero-order chi connectivity index (χ0) is 21.7. The second-order valence-electron chi connectivity index (χ2n) is 6.40. The van der Waals surface area contributed by atoms with Crippen LogP contribution in [0.25, 0.3) is 0 Å². The molecule has 1 heterocycles. The normalized spacial score (nSPS) is 11.1. The summed E-state index contributed by atoms with van der Waals surface area (Å²) in [5.41, 5.74) is 2.39. The SMILES string of the molecule is C#CCNS(=O)(=O)c1ccc(C(=O)Nc2ncc(Cc3ccc(C)c(Cl)c3)s2)cc1. The number of amides is 1. The van der Waals surface area contributed by atoms with Crippen LogP contribution in [0, 0.1) is 19.3 Å². The molecule has 9 heteroatoms. The third-order valence-electron chi connectivity index (χ3n) is 4.18. The summed E-state index contributed by atoms with van der Waals surface area (Å²) in [6, 6.07) is 11.5. The van der Waals surface area contributed by atoms with E-state index in [1.165, 1.54) is 35.6 Å². The maximum absolute atomic E-state index is 12.4. The van der Waals surface area contributed by atoms with Gasteiger partial charge in [0.25, 0.3) is 5.91 Å². The highest BCUT2D eigenvalue weighted by molar-refractivity contribution is 7.89. The Morgan fingerprint density at radius 3 is 2.63 bits per heavy atom. The number of hydrogen-bond acceptors (Lipinski definition) is 5. The molecule has 0 aliphatic carbocycles. The summed E-state index contributed by atoms with van der Waals surface area (Å²) in [5.74, 6) is 1.83. The van der Waals surface area contributed by atoms with Crippen LogP contribution in [0.2, 0.25) is 5.02 Å². The predicted octanol–water partition coefficient (Wildman–Crippen LogP) is 3.86. The van der Waals surface area contributed by atoms with Gasteiger partial charge in [-0.3, -0.25) is 10.1 Å². The lowest BCUT2D eigenvalue weighted by Crippen LogP contribution is -2.24. The van der Waals surface area contributed by atoms with Gasteiger partial charge in [0.2, 0.25) is 10.0 Å². The average molecular weight is 460 g/mol. The molecule has 0 bridgehead atoms. The van der Waals surface area contributed by atoms with Gasteiger partial charge in [-0.15, -0.1) is 17.8 Å². The second kappa shape index (κ2) is 9.41. The molecule has 0 aliphatic rings. The lowest BCUT2D eigenvalue weighted by Gasteiger charge is -2.06. The quantitative estimate of drug-likeness (QED) is 0.525. The standard InChI is InChI=1S/C21H18ClN3O3S2/c1-3-10-24-30(27,28)18-8-6-16(7-9-18)20(26)25-21-23-13-17(29-21)11-15-5-4-14(2)19(22)12-15/h1,4-9,12-13,24H,10-11H2,2H3,(H,23,25,26). The highest BCUT2D eigenvalue weighted by Crippen LogP contribution is 2.24. The van der Waals surface area contributed by atoms with Crippen LogP contribution in [0.1, 0.15) is 26.4 Å². The summed E-state index contributed by atoms with van der Waals surface area (Å²) < 4.78 is 26.3.